The van der Waals surface area contributed by atoms with Gasteiger partial charge in [-0.15, -0.1) is 0 Å². The standard InChI is InChI=1S/C23H38N2O2/c26-21(7-6-17-4-2-1-3-5-17)24-8-9-25-22(27)16-23-13-18-10-19(14-23)12-20(11-18)15-23/h17-20H,1-16H2,(H,24,26)(H,25,27). The van der Waals surface area contributed by atoms with Gasteiger partial charge in [0.15, 0.2) is 0 Å². The van der Waals surface area contributed by atoms with Gasteiger partial charge in [0.05, 0.1) is 0 Å². The Bertz CT molecular complexity index is 503. The van der Waals surface area contributed by atoms with E-state index in [1.807, 2.05) is 0 Å². The third-order valence-electron chi connectivity index (χ3n) is 7.97. The second kappa shape index (κ2) is 8.53. The molecule has 27 heavy (non-hydrogen) atoms. The van der Waals surface area contributed by atoms with E-state index < -0.39 is 0 Å². The molecule has 0 aromatic carbocycles. The first kappa shape index (κ1) is 19.3. The molecular weight excluding hydrogens is 336 g/mol. The van der Waals surface area contributed by atoms with Gasteiger partial charge in [-0.3, -0.25) is 9.59 Å². The molecule has 0 heterocycles. The molecule has 0 unspecified atom stereocenters. The summed E-state index contributed by atoms with van der Waals surface area (Å²) in [5.74, 6) is 3.79. The molecular formula is C23H38N2O2. The van der Waals surface area contributed by atoms with Gasteiger partial charge in [-0.25, -0.2) is 0 Å². The van der Waals surface area contributed by atoms with E-state index in [0.29, 0.717) is 31.3 Å². The number of amides is 2. The van der Waals surface area contributed by atoms with E-state index in [1.165, 1.54) is 70.6 Å². The second-order valence-corrected chi connectivity index (χ2v) is 10.3. The van der Waals surface area contributed by atoms with Crippen molar-refractivity contribution in [3.63, 3.8) is 0 Å². The van der Waals surface area contributed by atoms with E-state index in [4.69, 9.17) is 0 Å². The molecule has 0 atom stereocenters. The Kier molecular flexibility index (Phi) is 6.08. The minimum Gasteiger partial charge on any atom is -0.354 e. The van der Waals surface area contributed by atoms with Crippen molar-refractivity contribution in [2.45, 2.75) is 89.9 Å². The minimum atomic E-state index is 0.149. The van der Waals surface area contributed by atoms with Crippen LogP contribution in [0.1, 0.15) is 89.9 Å². The average molecular weight is 375 g/mol. The molecule has 5 rings (SSSR count). The molecule has 5 fully saturated rings. The summed E-state index contributed by atoms with van der Waals surface area (Å²) in [6.45, 7) is 1.14. The fourth-order valence-electron chi connectivity index (χ4n) is 7.21. The second-order valence-electron chi connectivity index (χ2n) is 10.3. The predicted octanol–water partition coefficient (Wildman–Crippen LogP) is 4.19. The molecule has 0 spiro atoms. The van der Waals surface area contributed by atoms with E-state index in [1.54, 1.807) is 0 Å². The maximum absolute atomic E-state index is 12.5. The molecule has 0 radical (unpaired) electrons. The van der Waals surface area contributed by atoms with E-state index in [2.05, 4.69) is 10.6 Å². The third kappa shape index (κ3) is 5.06. The van der Waals surface area contributed by atoms with E-state index in [-0.39, 0.29) is 11.8 Å². The van der Waals surface area contributed by atoms with E-state index >= 15 is 0 Å². The maximum atomic E-state index is 12.5. The number of hydrogen-bond acceptors (Lipinski definition) is 2. The zero-order valence-electron chi connectivity index (χ0n) is 16.9. The van der Waals surface area contributed by atoms with Crippen LogP contribution in [0.2, 0.25) is 0 Å². The molecule has 2 N–H and O–H groups in total. The fraction of sp³-hybridized carbons (Fsp3) is 0.913. The van der Waals surface area contributed by atoms with Crippen molar-refractivity contribution >= 4 is 11.8 Å². The molecule has 0 aliphatic heterocycles. The highest BCUT2D eigenvalue weighted by atomic mass is 16.2. The summed E-state index contributed by atoms with van der Waals surface area (Å²) >= 11 is 0. The molecule has 0 aromatic rings. The Morgan fingerprint density at radius 3 is 1.93 bits per heavy atom. The van der Waals surface area contributed by atoms with Crippen LogP contribution in [-0.4, -0.2) is 24.9 Å². The first-order valence-corrected chi connectivity index (χ1v) is 11.6. The maximum Gasteiger partial charge on any atom is 0.220 e. The molecule has 2 amide bonds. The molecule has 4 nitrogen and oxygen atoms in total. The van der Waals surface area contributed by atoms with Gasteiger partial charge in [-0.1, -0.05) is 32.1 Å². The van der Waals surface area contributed by atoms with Gasteiger partial charge in [0.25, 0.3) is 0 Å². The summed E-state index contributed by atoms with van der Waals surface area (Å²) in [6, 6.07) is 0. The van der Waals surface area contributed by atoms with Crippen molar-refractivity contribution in [2.75, 3.05) is 13.1 Å². The van der Waals surface area contributed by atoms with Crippen molar-refractivity contribution in [3.05, 3.63) is 0 Å². The Labute approximate surface area is 164 Å². The van der Waals surface area contributed by atoms with E-state index in [9.17, 15) is 9.59 Å². The Morgan fingerprint density at radius 1 is 0.778 bits per heavy atom. The Balaban J connectivity index is 1.10. The smallest absolute Gasteiger partial charge is 0.220 e. The van der Waals surface area contributed by atoms with Crippen molar-refractivity contribution in [3.8, 4) is 0 Å². The van der Waals surface area contributed by atoms with Gasteiger partial charge in [0.2, 0.25) is 11.8 Å². The van der Waals surface area contributed by atoms with Gasteiger partial charge in [-0.2, -0.15) is 0 Å². The van der Waals surface area contributed by atoms with Crippen LogP contribution in [0.15, 0.2) is 0 Å². The van der Waals surface area contributed by atoms with Gasteiger partial charge in [-0.05, 0) is 74.0 Å². The molecule has 0 saturated heterocycles. The summed E-state index contributed by atoms with van der Waals surface area (Å²) in [5, 5.41) is 6.05. The van der Waals surface area contributed by atoms with Crippen LogP contribution in [0.25, 0.3) is 0 Å². The zero-order chi connectivity index (χ0) is 18.7. The third-order valence-corrected chi connectivity index (χ3v) is 7.97. The summed E-state index contributed by atoms with van der Waals surface area (Å²) in [6.07, 6.45) is 17.1. The predicted molar refractivity (Wildman–Crippen MR) is 107 cm³/mol. The van der Waals surface area contributed by atoms with Gasteiger partial charge < -0.3 is 10.6 Å². The Morgan fingerprint density at radius 2 is 1.33 bits per heavy atom. The number of hydrogen-bond donors (Lipinski definition) is 2. The first-order valence-electron chi connectivity index (χ1n) is 11.6. The lowest BCUT2D eigenvalue weighted by atomic mass is 9.49. The van der Waals surface area contributed by atoms with Gasteiger partial charge in [0, 0.05) is 25.9 Å². The molecule has 5 aliphatic carbocycles. The number of nitrogens with one attached hydrogen (secondary N) is 2. The first-order chi connectivity index (χ1) is 13.1. The monoisotopic (exact) mass is 374 g/mol. The van der Waals surface area contributed by atoms with Crippen LogP contribution >= 0.6 is 0 Å². The molecule has 152 valence electrons. The van der Waals surface area contributed by atoms with Crippen LogP contribution in [0.5, 0.6) is 0 Å². The molecule has 5 saturated carbocycles. The molecule has 0 aromatic heterocycles. The number of carbonyl (C=O) groups excluding carboxylic acids is 2. The number of carbonyl (C=O) groups is 2. The SMILES string of the molecule is O=C(CCC1CCCCC1)NCCNC(=O)CC12CC3CC(CC(C3)C1)C2. The van der Waals surface area contributed by atoms with Crippen molar-refractivity contribution in [1.29, 1.82) is 0 Å². The largest absolute Gasteiger partial charge is 0.354 e. The normalized spacial score (nSPS) is 35.2. The van der Waals surface area contributed by atoms with E-state index in [0.717, 1.165) is 30.1 Å². The lowest BCUT2D eigenvalue weighted by Crippen LogP contribution is -2.48. The quantitative estimate of drug-likeness (QED) is 0.626. The van der Waals surface area contributed by atoms with Crippen molar-refractivity contribution in [2.24, 2.45) is 29.1 Å². The minimum absolute atomic E-state index is 0.149. The van der Waals surface area contributed by atoms with Crippen LogP contribution in [0.3, 0.4) is 0 Å². The van der Waals surface area contributed by atoms with Crippen LogP contribution in [-0.2, 0) is 9.59 Å². The highest BCUT2D eigenvalue weighted by Crippen LogP contribution is 2.61. The zero-order valence-corrected chi connectivity index (χ0v) is 16.9. The van der Waals surface area contributed by atoms with Crippen molar-refractivity contribution in [1.82, 2.24) is 10.6 Å². The van der Waals surface area contributed by atoms with Crippen LogP contribution in [0.4, 0.5) is 0 Å². The number of rotatable bonds is 8. The fourth-order valence-corrected chi connectivity index (χ4v) is 7.21. The summed E-state index contributed by atoms with van der Waals surface area (Å²) in [4.78, 5) is 24.5. The molecule has 4 heteroatoms. The summed E-state index contributed by atoms with van der Waals surface area (Å²) < 4.78 is 0. The lowest BCUT2D eigenvalue weighted by Gasteiger charge is -2.56. The van der Waals surface area contributed by atoms with Gasteiger partial charge in [0.1, 0.15) is 0 Å². The Hall–Kier alpha value is -1.06. The molecule has 4 bridgehead atoms. The van der Waals surface area contributed by atoms with Crippen LogP contribution < -0.4 is 10.6 Å². The van der Waals surface area contributed by atoms with Crippen LogP contribution in [0, 0.1) is 29.1 Å². The highest BCUT2D eigenvalue weighted by molar-refractivity contribution is 5.77. The van der Waals surface area contributed by atoms with Crippen molar-refractivity contribution < 1.29 is 9.59 Å². The average Bonchev–Trinajstić information content (AvgIpc) is 2.63. The topological polar surface area (TPSA) is 58.2 Å². The lowest BCUT2D eigenvalue weighted by molar-refractivity contribution is -0.129. The summed E-state index contributed by atoms with van der Waals surface area (Å²) in [7, 11) is 0. The van der Waals surface area contributed by atoms with Gasteiger partial charge >= 0.3 is 0 Å². The molecule has 5 aliphatic rings. The highest BCUT2D eigenvalue weighted by Gasteiger charge is 2.51. The summed E-state index contributed by atoms with van der Waals surface area (Å²) in [5.41, 5.74) is 0.308.